The Morgan fingerprint density at radius 3 is 2.21 bits per heavy atom. The Bertz CT molecular complexity index is 1010. The minimum absolute atomic E-state index is 0.245. The van der Waals surface area contributed by atoms with Crippen molar-refractivity contribution in [3.8, 4) is 16.9 Å². The number of nitrogen functional groups attached to an aromatic ring is 1. The van der Waals surface area contributed by atoms with Gasteiger partial charge in [0, 0.05) is 28.7 Å². The van der Waals surface area contributed by atoms with Gasteiger partial charge in [0.2, 0.25) is 0 Å². The van der Waals surface area contributed by atoms with Crippen LogP contribution >= 0.6 is 23.2 Å². The Balaban J connectivity index is 1.75. The molecule has 29 heavy (non-hydrogen) atoms. The zero-order valence-corrected chi connectivity index (χ0v) is 17.0. The highest BCUT2D eigenvalue weighted by Gasteiger charge is 2.23. The molecule has 1 aliphatic heterocycles. The van der Waals surface area contributed by atoms with Crippen molar-refractivity contribution >= 4 is 40.7 Å². The van der Waals surface area contributed by atoms with Crippen LogP contribution in [-0.4, -0.2) is 47.0 Å². The lowest BCUT2D eigenvalue weighted by Gasteiger charge is -2.27. The molecule has 4 rings (SSSR count). The Labute approximate surface area is 178 Å². The fourth-order valence-corrected chi connectivity index (χ4v) is 3.35. The second-order valence-corrected chi connectivity index (χ2v) is 7.41. The van der Waals surface area contributed by atoms with E-state index in [1.54, 1.807) is 33.8 Å². The molecule has 7 nitrogen and oxygen atoms in total. The molecule has 9 heteroatoms. The highest BCUT2D eigenvalue weighted by Crippen LogP contribution is 2.35. The summed E-state index contributed by atoms with van der Waals surface area (Å²) in [7, 11) is 0. The van der Waals surface area contributed by atoms with E-state index in [2.05, 4.69) is 10.4 Å². The molecule has 0 unspecified atom stereocenters. The second-order valence-electron chi connectivity index (χ2n) is 6.53. The first-order chi connectivity index (χ1) is 14.0. The van der Waals surface area contributed by atoms with Gasteiger partial charge in [0.1, 0.15) is 11.4 Å². The standard InChI is InChI=1S/C20H19Cl2N5O2/c21-14-3-1-13(2-4-14)17-18(24-20(28)26-9-11-29-12-10-26)19(23)27(25-17)16-7-5-15(22)6-8-16/h1-8H,9-12,23H2,(H,24,28). The summed E-state index contributed by atoms with van der Waals surface area (Å²) in [5, 5.41) is 8.80. The number of amides is 2. The van der Waals surface area contributed by atoms with E-state index in [9.17, 15) is 4.79 Å². The highest BCUT2D eigenvalue weighted by atomic mass is 35.5. The summed E-state index contributed by atoms with van der Waals surface area (Å²) in [6, 6.07) is 14.1. The van der Waals surface area contributed by atoms with Crippen LogP contribution in [0.1, 0.15) is 0 Å². The Morgan fingerprint density at radius 1 is 1.00 bits per heavy atom. The first-order valence-corrected chi connectivity index (χ1v) is 9.82. The fraction of sp³-hybridized carbons (Fsp3) is 0.200. The molecule has 2 heterocycles. The fourth-order valence-electron chi connectivity index (χ4n) is 3.10. The monoisotopic (exact) mass is 431 g/mol. The number of morpholine rings is 1. The van der Waals surface area contributed by atoms with E-state index >= 15 is 0 Å². The van der Waals surface area contributed by atoms with Gasteiger partial charge in [-0.15, -0.1) is 0 Å². The van der Waals surface area contributed by atoms with Crippen LogP contribution in [0.3, 0.4) is 0 Å². The number of carbonyl (C=O) groups excluding carboxylic acids is 1. The summed E-state index contributed by atoms with van der Waals surface area (Å²) < 4.78 is 6.89. The smallest absolute Gasteiger partial charge is 0.322 e. The molecule has 0 atom stereocenters. The van der Waals surface area contributed by atoms with Crippen molar-refractivity contribution < 1.29 is 9.53 Å². The van der Waals surface area contributed by atoms with Gasteiger partial charge in [0.15, 0.2) is 5.82 Å². The Kier molecular flexibility index (Phi) is 5.62. The number of hydrogen-bond donors (Lipinski definition) is 2. The van der Waals surface area contributed by atoms with Crippen LogP contribution in [0.25, 0.3) is 16.9 Å². The van der Waals surface area contributed by atoms with E-state index in [0.29, 0.717) is 53.5 Å². The predicted molar refractivity (Wildman–Crippen MR) is 115 cm³/mol. The van der Waals surface area contributed by atoms with Crippen LogP contribution in [0, 0.1) is 0 Å². The zero-order chi connectivity index (χ0) is 20.4. The van der Waals surface area contributed by atoms with Crippen molar-refractivity contribution in [3.05, 3.63) is 58.6 Å². The minimum atomic E-state index is -0.245. The lowest BCUT2D eigenvalue weighted by molar-refractivity contribution is 0.0565. The third-order valence-electron chi connectivity index (χ3n) is 4.64. The summed E-state index contributed by atoms with van der Waals surface area (Å²) in [5.41, 5.74) is 8.91. The number of aromatic nitrogens is 2. The van der Waals surface area contributed by atoms with Crippen LogP contribution in [-0.2, 0) is 4.74 Å². The number of nitrogens with one attached hydrogen (secondary N) is 1. The van der Waals surface area contributed by atoms with Crippen LogP contribution in [0.2, 0.25) is 10.0 Å². The highest BCUT2D eigenvalue weighted by molar-refractivity contribution is 6.30. The average Bonchev–Trinajstić information content (AvgIpc) is 3.06. The van der Waals surface area contributed by atoms with E-state index in [-0.39, 0.29) is 6.03 Å². The van der Waals surface area contributed by atoms with Crippen molar-refractivity contribution in [1.29, 1.82) is 0 Å². The van der Waals surface area contributed by atoms with Gasteiger partial charge < -0.3 is 20.7 Å². The molecule has 0 spiro atoms. The number of urea groups is 1. The summed E-state index contributed by atoms with van der Waals surface area (Å²) in [6.45, 7) is 2.06. The third kappa shape index (κ3) is 4.17. The topological polar surface area (TPSA) is 85.4 Å². The van der Waals surface area contributed by atoms with Gasteiger partial charge in [0.05, 0.1) is 18.9 Å². The summed E-state index contributed by atoms with van der Waals surface area (Å²) in [6.07, 6.45) is 0. The van der Waals surface area contributed by atoms with E-state index < -0.39 is 0 Å². The van der Waals surface area contributed by atoms with E-state index in [4.69, 9.17) is 33.7 Å². The normalized spacial score (nSPS) is 14.1. The number of hydrogen-bond acceptors (Lipinski definition) is 4. The lowest BCUT2D eigenvalue weighted by atomic mass is 10.1. The Morgan fingerprint density at radius 2 is 1.59 bits per heavy atom. The zero-order valence-electron chi connectivity index (χ0n) is 15.4. The molecule has 0 saturated carbocycles. The van der Waals surface area contributed by atoms with Crippen molar-refractivity contribution in [2.24, 2.45) is 0 Å². The summed E-state index contributed by atoms with van der Waals surface area (Å²) >= 11 is 12.0. The summed E-state index contributed by atoms with van der Waals surface area (Å²) in [5.74, 6) is 0.318. The van der Waals surface area contributed by atoms with E-state index in [1.165, 1.54) is 0 Å². The molecular weight excluding hydrogens is 413 g/mol. The maximum Gasteiger partial charge on any atom is 0.322 e. The number of ether oxygens (including phenoxy) is 1. The van der Waals surface area contributed by atoms with Crippen molar-refractivity contribution in [2.45, 2.75) is 0 Å². The molecule has 0 radical (unpaired) electrons. The number of benzene rings is 2. The second kappa shape index (κ2) is 8.32. The number of halogens is 2. The van der Waals surface area contributed by atoms with Gasteiger partial charge in [-0.25, -0.2) is 9.48 Å². The van der Waals surface area contributed by atoms with Crippen LogP contribution in [0.5, 0.6) is 0 Å². The first-order valence-electron chi connectivity index (χ1n) is 9.07. The maximum atomic E-state index is 12.8. The molecule has 1 aromatic heterocycles. The number of nitrogens with zero attached hydrogens (tertiary/aromatic N) is 3. The van der Waals surface area contributed by atoms with Crippen molar-refractivity contribution in [1.82, 2.24) is 14.7 Å². The first kappa shape index (κ1) is 19.6. The molecule has 2 aromatic carbocycles. The van der Waals surface area contributed by atoms with Crippen molar-refractivity contribution in [2.75, 3.05) is 37.4 Å². The minimum Gasteiger partial charge on any atom is -0.382 e. The molecule has 2 amide bonds. The van der Waals surface area contributed by atoms with Crippen LogP contribution in [0.4, 0.5) is 16.3 Å². The Hall–Kier alpha value is -2.74. The largest absolute Gasteiger partial charge is 0.382 e. The van der Waals surface area contributed by atoms with Gasteiger partial charge in [-0.1, -0.05) is 35.3 Å². The van der Waals surface area contributed by atoms with Gasteiger partial charge in [-0.2, -0.15) is 5.10 Å². The SMILES string of the molecule is Nc1c(NC(=O)N2CCOCC2)c(-c2ccc(Cl)cc2)nn1-c1ccc(Cl)cc1. The van der Waals surface area contributed by atoms with Gasteiger partial charge >= 0.3 is 6.03 Å². The summed E-state index contributed by atoms with van der Waals surface area (Å²) in [4.78, 5) is 14.5. The molecule has 1 saturated heterocycles. The van der Waals surface area contributed by atoms with Crippen LogP contribution in [0.15, 0.2) is 48.5 Å². The molecule has 0 aliphatic carbocycles. The van der Waals surface area contributed by atoms with E-state index in [0.717, 1.165) is 11.3 Å². The lowest BCUT2D eigenvalue weighted by Crippen LogP contribution is -2.43. The average molecular weight is 432 g/mol. The predicted octanol–water partition coefficient (Wildman–Crippen LogP) is 4.29. The number of carbonyl (C=O) groups is 1. The molecule has 3 aromatic rings. The quantitative estimate of drug-likeness (QED) is 0.647. The van der Waals surface area contributed by atoms with Crippen molar-refractivity contribution in [3.63, 3.8) is 0 Å². The number of anilines is 2. The molecule has 1 aliphatic rings. The molecule has 3 N–H and O–H groups in total. The number of nitrogens with two attached hydrogens (primary N) is 1. The third-order valence-corrected chi connectivity index (χ3v) is 5.14. The maximum absolute atomic E-state index is 12.8. The van der Waals surface area contributed by atoms with Gasteiger partial charge in [-0.3, -0.25) is 0 Å². The molecule has 150 valence electrons. The van der Waals surface area contributed by atoms with Gasteiger partial charge in [0.25, 0.3) is 0 Å². The molecule has 1 fully saturated rings. The number of rotatable bonds is 3. The van der Waals surface area contributed by atoms with Gasteiger partial charge in [-0.05, 0) is 36.4 Å². The van der Waals surface area contributed by atoms with Crippen LogP contribution < -0.4 is 11.1 Å². The van der Waals surface area contributed by atoms with E-state index in [1.807, 2.05) is 24.3 Å². The molecular formula is C20H19Cl2N5O2. The molecule has 0 bridgehead atoms.